The summed E-state index contributed by atoms with van der Waals surface area (Å²) < 4.78 is 25.8. The van der Waals surface area contributed by atoms with Crippen molar-refractivity contribution in [3.8, 4) is 0 Å². The molecule has 0 bridgehead atoms. The number of anilines is 1. The van der Waals surface area contributed by atoms with E-state index in [4.69, 9.17) is 0 Å². The summed E-state index contributed by atoms with van der Waals surface area (Å²) in [6.45, 7) is 4.91. The second-order valence-electron chi connectivity index (χ2n) is 2.99. The largest absolute Gasteiger partial charge is 0.322 e. The van der Waals surface area contributed by atoms with Crippen LogP contribution in [0, 0.1) is 11.6 Å². The Morgan fingerprint density at radius 1 is 1.40 bits per heavy atom. The van der Waals surface area contributed by atoms with Crippen molar-refractivity contribution in [1.29, 1.82) is 0 Å². The fourth-order valence-corrected chi connectivity index (χ4v) is 1.09. The van der Waals surface area contributed by atoms with Crippen molar-refractivity contribution in [1.82, 2.24) is 0 Å². The van der Waals surface area contributed by atoms with Gasteiger partial charge in [-0.15, -0.1) is 0 Å². The Balaban J connectivity index is 2.98. The van der Waals surface area contributed by atoms with Gasteiger partial charge in [0.05, 0.1) is 4.47 Å². The van der Waals surface area contributed by atoms with Crippen LogP contribution in [0.1, 0.15) is 6.92 Å². The van der Waals surface area contributed by atoms with Crippen LogP contribution in [0.2, 0.25) is 0 Å². The Kier molecular flexibility index (Phi) is 3.57. The molecule has 2 nitrogen and oxygen atoms in total. The lowest BCUT2D eigenvalue weighted by atomic mass is 10.2. The Bertz CT molecular complexity index is 408. The van der Waals surface area contributed by atoms with Gasteiger partial charge in [0.1, 0.15) is 11.6 Å². The van der Waals surface area contributed by atoms with Crippen LogP contribution in [0.3, 0.4) is 0 Å². The van der Waals surface area contributed by atoms with E-state index in [-0.39, 0.29) is 15.7 Å². The van der Waals surface area contributed by atoms with E-state index in [1.54, 1.807) is 0 Å². The lowest BCUT2D eigenvalue weighted by molar-refractivity contribution is -0.112. The van der Waals surface area contributed by atoms with Gasteiger partial charge >= 0.3 is 0 Å². The lowest BCUT2D eigenvalue weighted by Crippen LogP contribution is -2.12. The molecule has 0 saturated heterocycles. The fourth-order valence-electron chi connectivity index (χ4n) is 0.865. The predicted octanol–water partition coefficient (Wildman–Crippen LogP) is 3.24. The maximum absolute atomic E-state index is 13.0. The van der Waals surface area contributed by atoms with E-state index in [9.17, 15) is 13.6 Å². The van der Waals surface area contributed by atoms with Crippen LogP contribution in [0.4, 0.5) is 14.5 Å². The summed E-state index contributed by atoms with van der Waals surface area (Å²) in [6, 6.07) is 2.04. The molecule has 1 rings (SSSR count). The van der Waals surface area contributed by atoms with Gasteiger partial charge in [0.15, 0.2) is 0 Å². The molecule has 0 unspecified atom stereocenters. The average molecular weight is 276 g/mol. The minimum atomic E-state index is -0.771. The minimum Gasteiger partial charge on any atom is -0.322 e. The van der Waals surface area contributed by atoms with Gasteiger partial charge in [0.25, 0.3) is 5.91 Å². The first-order valence-electron chi connectivity index (χ1n) is 4.03. The quantitative estimate of drug-likeness (QED) is 0.652. The number of benzene rings is 1. The van der Waals surface area contributed by atoms with Crippen LogP contribution >= 0.6 is 15.9 Å². The molecule has 1 aromatic rings. The SMILES string of the molecule is C=C(C)C(=O)Nc1cc(F)c(Br)c(F)c1. The molecule has 1 amide bonds. The third-order valence-electron chi connectivity index (χ3n) is 1.63. The normalized spacial score (nSPS) is 9.87. The van der Waals surface area contributed by atoms with Gasteiger partial charge in [-0.2, -0.15) is 0 Å². The van der Waals surface area contributed by atoms with E-state index in [1.165, 1.54) is 6.92 Å². The first-order chi connectivity index (χ1) is 6.91. The molecule has 0 aliphatic heterocycles. The molecule has 0 spiro atoms. The second-order valence-corrected chi connectivity index (χ2v) is 3.78. The van der Waals surface area contributed by atoms with Gasteiger partial charge < -0.3 is 5.32 Å². The van der Waals surface area contributed by atoms with E-state index in [1.807, 2.05) is 0 Å². The fraction of sp³-hybridized carbons (Fsp3) is 0.100. The zero-order valence-electron chi connectivity index (χ0n) is 7.90. The zero-order chi connectivity index (χ0) is 11.6. The maximum atomic E-state index is 13.0. The lowest BCUT2D eigenvalue weighted by Gasteiger charge is -2.06. The standard InChI is InChI=1S/C10H8BrF2NO/c1-5(2)10(15)14-6-3-7(12)9(11)8(13)4-6/h3-4H,1H2,2H3,(H,14,15). The third-order valence-corrected chi connectivity index (χ3v) is 2.39. The molecular formula is C10H8BrF2NO. The van der Waals surface area contributed by atoms with Crippen LogP contribution in [0.5, 0.6) is 0 Å². The Morgan fingerprint density at radius 3 is 2.27 bits per heavy atom. The number of carbonyl (C=O) groups excluding carboxylic acids is 1. The number of halogens is 3. The maximum Gasteiger partial charge on any atom is 0.250 e. The van der Waals surface area contributed by atoms with Crippen molar-refractivity contribution in [3.63, 3.8) is 0 Å². The molecule has 80 valence electrons. The summed E-state index contributed by atoms with van der Waals surface area (Å²) in [7, 11) is 0. The number of hydrogen-bond donors (Lipinski definition) is 1. The monoisotopic (exact) mass is 275 g/mol. The third kappa shape index (κ3) is 2.86. The second kappa shape index (κ2) is 4.53. The highest BCUT2D eigenvalue weighted by Gasteiger charge is 2.10. The molecule has 1 aromatic carbocycles. The molecule has 0 radical (unpaired) electrons. The first-order valence-corrected chi connectivity index (χ1v) is 4.82. The van der Waals surface area contributed by atoms with Crippen LogP contribution in [-0.4, -0.2) is 5.91 Å². The van der Waals surface area contributed by atoms with Crippen molar-refractivity contribution in [2.24, 2.45) is 0 Å². The molecule has 0 fully saturated rings. The van der Waals surface area contributed by atoms with Crippen molar-refractivity contribution in [2.75, 3.05) is 5.32 Å². The summed E-state index contributed by atoms with van der Waals surface area (Å²) in [4.78, 5) is 11.2. The number of hydrogen-bond acceptors (Lipinski definition) is 1. The molecule has 0 aliphatic carbocycles. The first kappa shape index (κ1) is 11.8. The summed E-state index contributed by atoms with van der Waals surface area (Å²) >= 11 is 2.73. The Labute approximate surface area is 94.1 Å². The van der Waals surface area contributed by atoms with Crippen molar-refractivity contribution < 1.29 is 13.6 Å². The predicted molar refractivity (Wildman–Crippen MR) is 57.5 cm³/mol. The van der Waals surface area contributed by atoms with Crippen LogP contribution in [0.15, 0.2) is 28.8 Å². The van der Waals surface area contributed by atoms with E-state index in [0.29, 0.717) is 0 Å². The zero-order valence-corrected chi connectivity index (χ0v) is 9.49. The Morgan fingerprint density at radius 2 is 1.87 bits per heavy atom. The van der Waals surface area contributed by atoms with Gasteiger partial charge in [0, 0.05) is 11.3 Å². The molecule has 15 heavy (non-hydrogen) atoms. The van der Waals surface area contributed by atoms with Crippen LogP contribution < -0.4 is 5.32 Å². The highest BCUT2D eigenvalue weighted by Crippen LogP contribution is 2.23. The van der Waals surface area contributed by atoms with Crippen LogP contribution in [-0.2, 0) is 4.79 Å². The van der Waals surface area contributed by atoms with E-state index < -0.39 is 17.5 Å². The van der Waals surface area contributed by atoms with Gasteiger partial charge in [0.2, 0.25) is 0 Å². The van der Waals surface area contributed by atoms with Gasteiger partial charge in [-0.3, -0.25) is 4.79 Å². The van der Waals surface area contributed by atoms with Crippen molar-refractivity contribution in [2.45, 2.75) is 6.92 Å². The average Bonchev–Trinajstić information content (AvgIpc) is 2.13. The molecule has 5 heteroatoms. The Hall–Kier alpha value is -1.23. The van der Waals surface area contributed by atoms with Crippen molar-refractivity contribution >= 4 is 27.5 Å². The number of amides is 1. The molecule has 1 N–H and O–H groups in total. The molecule has 0 aromatic heterocycles. The summed E-state index contributed by atoms with van der Waals surface area (Å²) in [5.41, 5.74) is 0.319. The number of rotatable bonds is 2. The van der Waals surface area contributed by atoms with E-state index in [2.05, 4.69) is 27.8 Å². The highest BCUT2D eigenvalue weighted by molar-refractivity contribution is 9.10. The molecule has 0 atom stereocenters. The van der Waals surface area contributed by atoms with E-state index in [0.717, 1.165) is 12.1 Å². The van der Waals surface area contributed by atoms with E-state index >= 15 is 0 Å². The van der Waals surface area contributed by atoms with Gasteiger partial charge in [-0.25, -0.2) is 8.78 Å². The van der Waals surface area contributed by atoms with Gasteiger partial charge in [-0.05, 0) is 35.0 Å². The summed E-state index contributed by atoms with van der Waals surface area (Å²) in [5.74, 6) is -2.02. The van der Waals surface area contributed by atoms with Gasteiger partial charge in [-0.1, -0.05) is 6.58 Å². The number of nitrogens with one attached hydrogen (secondary N) is 1. The molecular weight excluding hydrogens is 268 g/mol. The summed E-state index contributed by atoms with van der Waals surface area (Å²) in [5, 5.41) is 2.31. The van der Waals surface area contributed by atoms with Crippen molar-refractivity contribution in [3.05, 3.63) is 40.4 Å². The minimum absolute atomic E-state index is 0.0567. The topological polar surface area (TPSA) is 29.1 Å². The molecule has 0 saturated carbocycles. The van der Waals surface area contributed by atoms with Crippen LogP contribution in [0.25, 0.3) is 0 Å². The molecule has 0 heterocycles. The smallest absolute Gasteiger partial charge is 0.250 e. The highest BCUT2D eigenvalue weighted by atomic mass is 79.9. The molecule has 0 aliphatic rings. The number of carbonyl (C=O) groups is 1. The summed E-state index contributed by atoms with van der Waals surface area (Å²) in [6.07, 6.45) is 0.